The summed E-state index contributed by atoms with van der Waals surface area (Å²) < 4.78 is 20.5. The zero-order valence-electron chi connectivity index (χ0n) is 29.0. The van der Waals surface area contributed by atoms with Gasteiger partial charge in [-0.15, -0.1) is 0 Å². The number of aromatic nitrogens is 3. The molecule has 256 valence electrons. The minimum absolute atomic E-state index is 0.0319. The van der Waals surface area contributed by atoms with Crippen LogP contribution in [-0.4, -0.2) is 32.9 Å². The Hall–Kier alpha value is -5.64. The van der Waals surface area contributed by atoms with Crippen molar-refractivity contribution in [3.8, 4) is 39.8 Å². The average molecular weight is 680 g/mol. The molecule has 4 aliphatic heterocycles. The van der Waals surface area contributed by atoms with Gasteiger partial charge in [0.2, 0.25) is 17.7 Å². The van der Waals surface area contributed by atoms with Gasteiger partial charge in [-0.3, -0.25) is 9.59 Å². The number of nitrogens with zero attached hydrogens (tertiary/aromatic N) is 2. The number of Topliss-reactive ketones (excluding diaryl/α,β-unsaturated/α-hetero) is 1. The van der Waals surface area contributed by atoms with Crippen LogP contribution in [0, 0.1) is 17.3 Å². The molecule has 10 heteroatoms. The van der Waals surface area contributed by atoms with E-state index in [1.54, 1.807) is 6.20 Å². The van der Waals surface area contributed by atoms with Crippen LogP contribution in [0.4, 0.5) is 5.69 Å². The summed E-state index contributed by atoms with van der Waals surface area (Å²) in [5.41, 5.74) is 6.53. The molecule has 10 nitrogen and oxygen atoms in total. The topological polar surface area (TPSA) is 135 Å². The SMILES string of the molecule is CC(C)[C@@H]1NC(=O)C(CC(=O)C(C)(C)C)Cc2ccc3c(c2)[C@]24c5cccc(c5NC2O3)-c2cccc3[nH]cc(c23)-c2cnc(o2)-c2nc1oc24. The molecular formula is C41H37N5O5. The van der Waals surface area contributed by atoms with Crippen molar-refractivity contribution in [2.75, 3.05) is 5.32 Å². The van der Waals surface area contributed by atoms with Gasteiger partial charge in [0.15, 0.2) is 23.4 Å². The van der Waals surface area contributed by atoms with Gasteiger partial charge in [-0.25, -0.2) is 9.97 Å². The summed E-state index contributed by atoms with van der Waals surface area (Å²) in [4.78, 5) is 41.1. The molecule has 0 aliphatic carbocycles. The predicted octanol–water partition coefficient (Wildman–Crippen LogP) is 7.93. The third-order valence-electron chi connectivity index (χ3n) is 11.2. The van der Waals surface area contributed by atoms with Gasteiger partial charge in [-0.2, -0.15) is 0 Å². The van der Waals surface area contributed by atoms with Crippen LogP contribution in [0.1, 0.15) is 75.4 Å². The maximum atomic E-state index is 14.2. The van der Waals surface area contributed by atoms with Gasteiger partial charge in [0, 0.05) is 62.8 Å². The first-order chi connectivity index (χ1) is 24.5. The fraction of sp³-hybridized carbons (Fsp3) is 0.317. The van der Waals surface area contributed by atoms with Crippen molar-refractivity contribution in [2.24, 2.45) is 17.3 Å². The lowest BCUT2D eigenvalue weighted by atomic mass is 9.72. The molecule has 0 fully saturated rings. The van der Waals surface area contributed by atoms with Crippen molar-refractivity contribution in [3.05, 3.63) is 95.3 Å². The Kier molecular flexibility index (Phi) is 6.05. The normalized spacial score (nSPS) is 22.5. The number of carbonyl (C=O) groups is 2. The number of ether oxygens (including phenoxy) is 1. The largest absolute Gasteiger partial charge is 0.469 e. The number of anilines is 1. The molecule has 3 N–H and O–H groups in total. The minimum atomic E-state index is -0.999. The number of oxazole rings is 2. The van der Waals surface area contributed by atoms with Crippen molar-refractivity contribution in [1.82, 2.24) is 20.3 Å². The van der Waals surface area contributed by atoms with E-state index in [0.29, 0.717) is 41.2 Å². The number of aromatic amines is 1. The highest BCUT2D eigenvalue weighted by Gasteiger charge is 2.61. The number of benzene rings is 3. The molecule has 1 amide bonds. The maximum absolute atomic E-state index is 14.2. The Morgan fingerprint density at radius 1 is 1.00 bits per heavy atom. The van der Waals surface area contributed by atoms with Gasteiger partial charge in [0.1, 0.15) is 23.0 Å². The first kappa shape index (κ1) is 30.2. The molecule has 4 aliphatic rings. The highest BCUT2D eigenvalue weighted by molar-refractivity contribution is 6.07. The second-order valence-corrected chi connectivity index (χ2v) is 15.7. The van der Waals surface area contributed by atoms with Gasteiger partial charge in [-0.05, 0) is 35.6 Å². The summed E-state index contributed by atoms with van der Waals surface area (Å²) in [6.07, 6.45) is 3.59. The van der Waals surface area contributed by atoms with Gasteiger partial charge >= 0.3 is 0 Å². The van der Waals surface area contributed by atoms with E-state index in [4.69, 9.17) is 23.5 Å². The monoisotopic (exact) mass is 679 g/mol. The molecule has 7 heterocycles. The Balaban J connectivity index is 1.30. The van der Waals surface area contributed by atoms with E-state index in [1.807, 2.05) is 52.9 Å². The van der Waals surface area contributed by atoms with Crippen LogP contribution in [-0.2, 0) is 21.4 Å². The molecule has 1 spiro atoms. The maximum Gasteiger partial charge on any atom is 0.249 e. The number of fused-ring (bicyclic) bond motifs is 7. The van der Waals surface area contributed by atoms with Crippen LogP contribution < -0.4 is 15.4 Å². The summed E-state index contributed by atoms with van der Waals surface area (Å²) >= 11 is 0. The highest BCUT2D eigenvalue weighted by Crippen LogP contribution is 2.61. The summed E-state index contributed by atoms with van der Waals surface area (Å²) in [5, 5.41) is 8.07. The molecule has 10 bridgehead atoms. The van der Waals surface area contributed by atoms with Crippen LogP contribution >= 0.6 is 0 Å². The van der Waals surface area contributed by atoms with Crippen LogP contribution in [0.2, 0.25) is 0 Å². The summed E-state index contributed by atoms with van der Waals surface area (Å²) in [6, 6.07) is 18.1. The van der Waals surface area contributed by atoms with Gasteiger partial charge < -0.3 is 29.2 Å². The second-order valence-electron chi connectivity index (χ2n) is 15.7. The quantitative estimate of drug-likeness (QED) is 0.172. The Morgan fingerprint density at radius 2 is 1.82 bits per heavy atom. The summed E-state index contributed by atoms with van der Waals surface area (Å²) in [6.45, 7) is 9.73. The Labute approximate surface area is 294 Å². The van der Waals surface area contributed by atoms with E-state index in [-0.39, 0.29) is 24.0 Å². The fourth-order valence-corrected chi connectivity index (χ4v) is 8.50. The van der Waals surface area contributed by atoms with Gasteiger partial charge in [0.05, 0.1) is 6.20 Å². The average Bonchev–Trinajstić information content (AvgIpc) is 3.91. The van der Waals surface area contributed by atoms with Crippen LogP contribution in [0.5, 0.6) is 5.75 Å². The lowest BCUT2D eigenvalue weighted by Gasteiger charge is -2.29. The van der Waals surface area contributed by atoms with Crippen LogP contribution in [0.3, 0.4) is 0 Å². The van der Waals surface area contributed by atoms with E-state index in [9.17, 15) is 9.59 Å². The zero-order chi connectivity index (χ0) is 35.0. The van der Waals surface area contributed by atoms with Crippen molar-refractivity contribution in [3.63, 3.8) is 0 Å². The molecule has 0 saturated heterocycles. The number of amides is 1. The van der Waals surface area contributed by atoms with Gasteiger partial charge in [-0.1, -0.05) is 77.1 Å². The molecule has 51 heavy (non-hydrogen) atoms. The molecule has 0 radical (unpaired) electrons. The number of nitrogens with one attached hydrogen (secondary N) is 3. The van der Waals surface area contributed by atoms with Crippen molar-refractivity contribution >= 4 is 28.3 Å². The number of para-hydroxylation sites is 1. The van der Waals surface area contributed by atoms with Crippen LogP contribution in [0.15, 0.2) is 75.8 Å². The molecule has 3 aromatic heterocycles. The van der Waals surface area contributed by atoms with E-state index < -0.39 is 29.0 Å². The lowest BCUT2D eigenvalue weighted by Crippen LogP contribution is -2.40. The third kappa shape index (κ3) is 4.10. The predicted molar refractivity (Wildman–Crippen MR) is 191 cm³/mol. The van der Waals surface area contributed by atoms with E-state index in [2.05, 4.69) is 58.1 Å². The molecule has 2 unspecified atom stereocenters. The lowest BCUT2D eigenvalue weighted by molar-refractivity contribution is -0.133. The number of H-pyrrole nitrogens is 1. The first-order valence-corrected chi connectivity index (χ1v) is 17.6. The van der Waals surface area contributed by atoms with Crippen LogP contribution in [0.25, 0.3) is 44.9 Å². The van der Waals surface area contributed by atoms with Crippen molar-refractivity contribution < 1.29 is 23.2 Å². The number of carbonyl (C=O) groups excluding carboxylic acids is 2. The van der Waals surface area contributed by atoms with E-state index in [0.717, 1.165) is 50.0 Å². The van der Waals surface area contributed by atoms with E-state index in [1.165, 1.54) is 0 Å². The molecule has 0 saturated carbocycles. The number of hydrogen-bond donors (Lipinski definition) is 3. The zero-order valence-corrected chi connectivity index (χ0v) is 29.0. The first-order valence-electron chi connectivity index (χ1n) is 17.6. The molecule has 6 aromatic rings. The Morgan fingerprint density at radius 3 is 2.65 bits per heavy atom. The highest BCUT2D eigenvalue weighted by atomic mass is 16.5. The standard InChI is InChI=1S/C41H37N5O5/c1-19(2)32-38-45-34-35(51-38)41-25-10-6-9-23(22-8-7-11-27-31(22)24(17-42-27)29-18-43-37(34)49-29)33(25)46-39(41)50-28-13-12-20(15-26(28)41)14-21(36(48)44-32)16-30(47)40(3,4)5/h6-13,15,17-19,21,32,39,42,46H,14,16H2,1-5H3,(H,44,48)/t21?,32-,39?,41-/m0/s1. The number of ketones is 1. The molecule has 10 rings (SSSR count). The minimum Gasteiger partial charge on any atom is -0.469 e. The molecule has 4 atom stereocenters. The summed E-state index contributed by atoms with van der Waals surface area (Å²) in [5.74, 6) is 1.60. The second kappa shape index (κ2) is 10.2. The van der Waals surface area contributed by atoms with Gasteiger partial charge in [0.25, 0.3) is 0 Å². The Bertz CT molecular complexity index is 2460. The van der Waals surface area contributed by atoms with E-state index >= 15 is 0 Å². The fourth-order valence-electron chi connectivity index (χ4n) is 8.50. The molecular weight excluding hydrogens is 642 g/mol. The molecule has 3 aromatic carbocycles. The van der Waals surface area contributed by atoms with Crippen molar-refractivity contribution in [2.45, 2.75) is 65.1 Å². The number of rotatable bonds is 3. The smallest absolute Gasteiger partial charge is 0.249 e. The van der Waals surface area contributed by atoms with Crippen molar-refractivity contribution in [1.29, 1.82) is 0 Å². The number of hydrogen-bond acceptors (Lipinski definition) is 8. The summed E-state index contributed by atoms with van der Waals surface area (Å²) in [7, 11) is 0. The third-order valence-corrected chi connectivity index (χ3v) is 11.2.